The second-order valence-corrected chi connectivity index (χ2v) is 5.15. The average molecular weight is 269 g/mol. The fourth-order valence-corrected chi connectivity index (χ4v) is 2.62. The first kappa shape index (κ1) is 13.1. The van der Waals surface area contributed by atoms with Crippen LogP contribution in [0.1, 0.15) is 30.3 Å². The summed E-state index contributed by atoms with van der Waals surface area (Å²) in [6.07, 6.45) is 4.12. The van der Waals surface area contributed by atoms with E-state index in [0.29, 0.717) is 0 Å². The Morgan fingerprint density at radius 3 is 2.95 bits per heavy atom. The number of nitrogens with one attached hydrogen (secondary N) is 1. The quantitative estimate of drug-likeness (QED) is 0.930. The SMILES string of the molecule is COc1ccc(C)cc1-c1ccnc(C2CCCN2)n1. The Morgan fingerprint density at radius 2 is 2.20 bits per heavy atom. The minimum atomic E-state index is 0.283. The van der Waals surface area contributed by atoms with E-state index < -0.39 is 0 Å². The molecule has 1 unspecified atom stereocenters. The number of aromatic nitrogens is 2. The largest absolute Gasteiger partial charge is 0.496 e. The van der Waals surface area contributed by atoms with Crippen LogP contribution in [0, 0.1) is 6.92 Å². The molecule has 3 rings (SSSR count). The Hall–Kier alpha value is -1.94. The molecule has 2 heterocycles. The summed E-state index contributed by atoms with van der Waals surface area (Å²) < 4.78 is 5.44. The summed E-state index contributed by atoms with van der Waals surface area (Å²) >= 11 is 0. The van der Waals surface area contributed by atoms with Gasteiger partial charge in [-0.2, -0.15) is 0 Å². The molecule has 1 aliphatic heterocycles. The molecule has 1 fully saturated rings. The van der Waals surface area contributed by atoms with Gasteiger partial charge in [-0.1, -0.05) is 11.6 Å². The number of benzene rings is 1. The maximum Gasteiger partial charge on any atom is 0.145 e. The van der Waals surface area contributed by atoms with Crippen LogP contribution in [0.25, 0.3) is 11.3 Å². The molecule has 0 amide bonds. The Bertz CT molecular complexity index is 606. The van der Waals surface area contributed by atoms with Crippen molar-refractivity contribution in [2.75, 3.05) is 13.7 Å². The van der Waals surface area contributed by atoms with E-state index in [1.165, 1.54) is 12.0 Å². The molecule has 1 aromatic carbocycles. The molecular weight excluding hydrogens is 250 g/mol. The zero-order valence-electron chi connectivity index (χ0n) is 11.9. The first-order valence-electron chi connectivity index (χ1n) is 6.99. The monoisotopic (exact) mass is 269 g/mol. The van der Waals surface area contributed by atoms with Crippen LogP contribution < -0.4 is 10.1 Å². The van der Waals surface area contributed by atoms with Crippen molar-refractivity contribution in [1.82, 2.24) is 15.3 Å². The highest BCUT2D eigenvalue weighted by atomic mass is 16.5. The van der Waals surface area contributed by atoms with Crippen LogP contribution >= 0.6 is 0 Å². The topological polar surface area (TPSA) is 47.0 Å². The Morgan fingerprint density at radius 1 is 1.30 bits per heavy atom. The number of methoxy groups -OCH3 is 1. The number of hydrogen-bond donors (Lipinski definition) is 1. The van der Waals surface area contributed by atoms with Gasteiger partial charge in [0.25, 0.3) is 0 Å². The lowest BCUT2D eigenvalue weighted by Crippen LogP contribution is -2.15. The summed E-state index contributed by atoms with van der Waals surface area (Å²) in [7, 11) is 1.69. The number of aryl methyl sites for hydroxylation is 1. The number of hydrogen-bond acceptors (Lipinski definition) is 4. The molecule has 2 aromatic rings. The van der Waals surface area contributed by atoms with E-state index in [9.17, 15) is 0 Å². The van der Waals surface area contributed by atoms with Gasteiger partial charge in [-0.15, -0.1) is 0 Å². The lowest BCUT2D eigenvalue weighted by atomic mass is 10.1. The van der Waals surface area contributed by atoms with Crippen LogP contribution in [0.3, 0.4) is 0 Å². The Balaban J connectivity index is 2.01. The van der Waals surface area contributed by atoms with Gasteiger partial charge in [0.15, 0.2) is 0 Å². The van der Waals surface area contributed by atoms with Gasteiger partial charge in [-0.05, 0) is 44.5 Å². The maximum absolute atomic E-state index is 5.44. The fourth-order valence-electron chi connectivity index (χ4n) is 2.62. The van der Waals surface area contributed by atoms with E-state index >= 15 is 0 Å². The molecule has 1 saturated heterocycles. The normalized spacial score (nSPS) is 18.2. The number of ether oxygens (including phenoxy) is 1. The average Bonchev–Trinajstić information content (AvgIpc) is 3.01. The third-order valence-electron chi connectivity index (χ3n) is 3.68. The van der Waals surface area contributed by atoms with Crippen molar-refractivity contribution < 1.29 is 4.74 Å². The first-order chi connectivity index (χ1) is 9.78. The van der Waals surface area contributed by atoms with Gasteiger partial charge in [0.05, 0.1) is 18.8 Å². The molecule has 4 nitrogen and oxygen atoms in total. The lowest BCUT2D eigenvalue weighted by Gasteiger charge is -2.12. The molecule has 0 radical (unpaired) electrons. The maximum atomic E-state index is 5.44. The zero-order valence-corrected chi connectivity index (χ0v) is 11.9. The summed E-state index contributed by atoms with van der Waals surface area (Å²) in [6, 6.07) is 8.36. The van der Waals surface area contributed by atoms with Gasteiger partial charge < -0.3 is 10.1 Å². The highest BCUT2D eigenvalue weighted by Crippen LogP contribution is 2.30. The molecule has 4 heteroatoms. The molecule has 0 spiro atoms. The van der Waals surface area contributed by atoms with Crippen LogP contribution in [0.15, 0.2) is 30.5 Å². The van der Waals surface area contributed by atoms with Gasteiger partial charge in [0, 0.05) is 11.8 Å². The fraction of sp³-hybridized carbons (Fsp3) is 0.375. The van der Waals surface area contributed by atoms with Crippen molar-refractivity contribution in [3.8, 4) is 17.0 Å². The molecule has 20 heavy (non-hydrogen) atoms. The van der Waals surface area contributed by atoms with E-state index in [0.717, 1.165) is 35.8 Å². The van der Waals surface area contributed by atoms with Crippen molar-refractivity contribution in [1.29, 1.82) is 0 Å². The highest BCUT2D eigenvalue weighted by Gasteiger charge is 2.19. The molecule has 0 aliphatic carbocycles. The molecule has 1 aromatic heterocycles. The minimum absolute atomic E-state index is 0.283. The van der Waals surface area contributed by atoms with Crippen molar-refractivity contribution in [2.24, 2.45) is 0 Å². The summed E-state index contributed by atoms with van der Waals surface area (Å²) in [4.78, 5) is 9.13. The summed E-state index contributed by atoms with van der Waals surface area (Å²) in [5, 5.41) is 3.44. The minimum Gasteiger partial charge on any atom is -0.496 e. The number of nitrogens with zero attached hydrogens (tertiary/aromatic N) is 2. The van der Waals surface area contributed by atoms with Gasteiger partial charge in [-0.25, -0.2) is 9.97 Å². The third kappa shape index (κ3) is 2.51. The Kier molecular flexibility index (Phi) is 3.65. The summed E-state index contributed by atoms with van der Waals surface area (Å²) in [5.74, 6) is 1.73. The van der Waals surface area contributed by atoms with Gasteiger partial charge >= 0.3 is 0 Å². The first-order valence-corrected chi connectivity index (χ1v) is 6.99. The lowest BCUT2D eigenvalue weighted by molar-refractivity contribution is 0.416. The van der Waals surface area contributed by atoms with Crippen molar-refractivity contribution in [3.63, 3.8) is 0 Å². The summed E-state index contributed by atoms with van der Waals surface area (Å²) in [6.45, 7) is 3.12. The molecule has 104 valence electrons. The molecule has 1 aliphatic rings. The van der Waals surface area contributed by atoms with Crippen LogP contribution in [-0.2, 0) is 0 Å². The van der Waals surface area contributed by atoms with Crippen LogP contribution in [0.2, 0.25) is 0 Å². The number of rotatable bonds is 3. The van der Waals surface area contributed by atoms with E-state index in [1.54, 1.807) is 7.11 Å². The van der Waals surface area contributed by atoms with E-state index in [1.807, 2.05) is 24.4 Å². The predicted molar refractivity (Wildman–Crippen MR) is 78.7 cm³/mol. The molecule has 1 N–H and O–H groups in total. The molecule has 1 atom stereocenters. The van der Waals surface area contributed by atoms with Crippen LogP contribution in [0.4, 0.5) is 0 Å². The molecule has 0 bridgehead atoms. The van der Waals surface area contributed by atoms with Gasteiger partial charge in [0.2, 0.25) is 0 Å². The van der Waals surface area contributed by atoms with Crippen molar-refractivity contribution >= 4 is 0 Å². The standard InChI is InChI=1S/C16H19N3O/c1-11-5-6-15(20-2)12(10-11)13-7-9-18-16(19-13)14-4-3-8-17-14/h5-7,9-10,14,17H,3-4,8H2,1-2H3. The van der Waals surface area contributed by atoms with Gasteiger partial charge in [-0.3, -0.25) is 0 Å². The van der Waals surface area contributed by atoms with Crippen LogP contribution in [-0.4, -0.2) is 23.6 Å². The zero-order chi connectivity index (χ0) is 13.9. The van der Waals surface area contributed by atoms with Crippen LogP contribution in [0.5, 0.6) is 5.75 Å². The summed E-state index contributed by atoms with van der Waals surface area (Å²) in [5.41, 5.74) is 3.14. The highest BCUT2D eigenvalue weighted by molar-refractivity contribution is 5.67. The molecule has 0 saturated carbocycles. The second-order valence-electron chi connectivity index (χ2n) is 5.15. The Labute approximate surface area is 119 Å². The van der Waals surface area contributed by atoms with E-state index in [-0.39, 0.29) is 6.04 Å². The van der Waals surface area contributed by atoms with Gasteiger partial charge in [0.1, 0.15) is 11.6 Å². The van der Waals surface area contributed by atoms with Crippen molar-refractivity contribution in [3.05, 3.63) is 41.9 Å². The second kappa shape index (κ2) is 5.59. The predicted octanol–water partition coefficient (Wildman–Crippen LogP) is 2.89. The van der Waals surface area contributed by atoms with Crippen molar-refractivity contribution in [2.45, 2.75) is 25.8 Å². The molecular formula is C16H19N3O. The smallest absolute Gasteiger partial charge is 0.145 e. The van der Waals surface area contributed by atoms with E-state index in [4.69, 9.17) is 9.72 Å². The van der Waals surface area contributed by atoms with E-state index in [2.05, 4.69) is 23.3 Å². The third-order valence-corrected chi connectivity index (χ3v) is 3.68.